The van der Waals surface area contributed by atoms with Crippen molar-refractivity contribution in [1.82, 2.24) is 0 Å². The van der Waals surface area contributed by atoms with Gasteiger partial charge < -0.3 is 39.4 Å². The summed E-state index contributed by atoms with van der Waals surface area (Å²) in [5.74, 6) is -0.310. The first kappa shape index (κ1) is 64.4. The number of esters is 1. The second-order valence-electron chi connectivity index (χ2n) is 20.1. The van der Waals surface area contributed by atoms with Crippen molar-refractivity contribution in [3.8, 4) is 0 Å². The molecule has 68 heavy (non-hydrogen) atoms. The van der Waals surface area contributed by atoms with Crippen molar-refractivity contribution in [2.45, 2.75) is 307 Å². The van der Waals surface area contributed by atoms with Crippen LogP contribution >= 0.6 is 0 Å². The van der Waals surface area contributed by atoms with E-state index in [-0.39, 0.29) is 19.2 Å². The van der Waals surface area contributed by atoms with Crippen molar-refractivity contribution >= 4 is 5.97 Å². The summed E-state index contributed by atoms with van der Waals surface area (Å²) in [7, 11) is 0. The maximum Gasteiger partial charge on any atom is 0.306 e. The summed E-state index contributed by atoms with van der Waals surface area (Å²) >= 11 is 0. The molecule has 0 aromatic heterocycles. The highest BCUT2D eigenvalue weighted by Gasteiger charge is 2.44. The first-order valence-corrected chi connectivity index (χ1v) is 29.1. The third-order valence-electron chi connectivity index (χ3n) is 13.5. The van der Waals surface area contributed by atoms with E-state index in [1.54, 1.807) is 0 Å². The first-order valence-electron chi connectivity index (χ1n) is 29.1. The van der Waals surface area contributed by atoms with Crippen molar-refractivity contribution in [2.24, 2.45) is 0 Å². The zero-order chi connectivity index (χ0) is 49.2. The Labute approximate surface area is 419 Å². The molecular weight excluding hydrogens is 853 g/mol. The fraction of sp³-hybridized carbons (Fsp3) is 0.881. The average Bonchev–Trinajstić information content (AvgIpc) is 3.34. The predicted molar refractivity (Wildman–Crippen MR) is 284 cm³/mol. The number of hydrogen-bond donors (Lipinski definition) is 4. The van der Waals surface area contributed by atoms with Gasteiger partial charge in [0.05, 0.1) is 19.8 Å². The standard InChI is InChI=1S/C59H110O9/c1-3-5-7-9-11-13-15-17-19-21-23-25-26-27-28-29-30-32-34-36-38-40-42-44-46-48-55(61)67-53(52-66-59-58(64)57(63)56(62)54(50-60)68-59)51-65-49-47-45-43-41-39-37-35-33-31-24-22-20-18-16-14-12-10-8-6-4-2/h12,14,18,20-21,23,53-54,56-60,62-64H,3-11,13,15-17,19,22,24-52H2,1-2H3/b14-12-,20-18-,23-21-. The van der Waals surface area contributed by atoms with E-state index in [0.717, 1.165) is 38.5 Å². The lowest BCUT2D eigenvalue weighted by molar-refractivity contribution is -0.305. The number of unbranched alkanes of at least 4 members (excludes halogenated alkanes) is 34. The second kappa shape index (κ2) is 50.4. The Kier molecular flexibility index (Phi) is 47.7. The molecule has 0 bridgehead atoms. The van der Waals surface area contributed by atoms with Gasteiger partial charge in [-0.15, -0.1) is 0 Å². The molecule has 9 nitrogen and oxygen atoms in total. The third-order valence-corrected chi connectivity index (χ3v) is 13.5. The number of carbonyl (C=O) groups is 1. The number of rotatable bonds is 51. The van der Waals surface area contributed by atoms with Crippen molar-refractivity contribution in [3.05, 3.63) is 36.5 Å². The fourth-order valence-corrected chi connectivity index (χ4v) is 8.99. The molecule has 0 radical (unpaired) electrons. The van der Waals surface area contributed by atoms with Gasteiger partial charge in [0.1, 0.15) is 30.5 Å². The molecule has 9 heteroatoms. The molecule has 1 fully saturated rings. The number of aliphatic hydroxyl groups excluding tert-OH is 4. The van der Waals surface area contributed by atoms with E-state index in [0.29, 0.717) is 13.0 Å². The van der Waals surface area contributed by atoms with E-state index in [9.17, 15) is 25.2 Å². The Bertz CT molecular complexity index is 1140. The summed E-state index contributed by atoms with van der Waals surface area (Å²) in [6, 6.07) is 0. The number of hydrogen-bond acceptors (Lipinski definition) is 9. The molecule has 1 heterocycles. The van der Waals surface area contributed by atoms with Crippen LogP contribution in [0, 0.1) is 0 Å². The molecule has 1 aliphatic heterocycles. The van der Waals surface area contributed by atoms with Gasteiger partial charge in [-0.25, -0.2) is 0 Å². The van der Waals surface area contributed by atoms with E-state index in [1.807, 2.05) is 0 Å². The Morgan fingerprint density at radius 1 is 0.471 bits per heavy atom. The summed E-state index contributed by atoms with van der Waals surface area (Å²) < 4.78 is 23.0. The van der Waals surface area contributed by atoms with Crippen LogP contribution in [0.4, 0.5) is 0 Å². The van der Waals surface area contributed by atoms with Gasteiger partial charge in [-0.3, -0.25) is 4.79 Å². The Morgan fingerprint density at radius 3 is 1.31 bits per heavy atom. The average molecular weight is 964 g/mol. The number of aliphatic hydroxyl groups is 4. The van der Waals surface area contributed by atoms with Crippen LogP contribution in [-0.4, -0.2) is 89.6 Å². The first-order chi connectivity index (χ1) is 33.4. The van der Waals surface area contributed by atoms with Gasteiger partial charge >= 0.3 is 5.97 Å². The van der Waals surface area contributed by atoms with Crippen LogP contribution in [0.2, 0.25) is 0 Å². The quantitative estimate of drug-likeness (QED) is 0.0267. The Hall–Kier alpha value is -1.59. The summed E-state index contributed by atoms with van der Waals surface area (Å²) in [5.41, 5.74) is 0. The smallest absolute Gasteiger partial charge is 0.306 e. The lowest BCUT2D eigenvalue weighted by Crippen LogP contribution is -2.59. The Morgan fingerprint density at radius 2 is 0.853 bits per heavy atom. The minimum atomic E-state index is -1.54. The lowest BCUT2D eigenvalue weighted by atomic mass is 9.99. The molecule has 400 valence electrons. The van der Waals surface area contributed by atoms with Gasteiger partial charge in [-0.1, -0.05) is 230 Å². The summed E-state index contributed by atoms with van der Waals surface area (Å²) in [6.07, 6.45) is 56.2. The molecule has 0 saturated carbocycles. The summed E-state index contributed by atoms with van der Waals surface area (Å²) in [6.45, 7) is 4.57. The summed E-state index contributed by atoms with van der Waals surface area (Å²) in [5, 5.41) is 40.3. The maximum absolute atomic E-state index is 12.9. The lowest BCUT2D eigenvalue weighted by Gasteiger charge is -2.39. The largest absolute Gasteiger partial charge is 0.457 e. The van der Waals surface area contributed by atoms with Crippen molar-refractivity contribution in [2.75, 3.05) is 26.4 Å². The predicted octanol–water partition coefficient (Wildman–Crippen LogP) is 15.0. The zero-order valence-electron chi connectivity index (χ0n) is 44.4. The SMILES string of the molecule is CCCCC/C=C\C/C=C\CCCCCCCCCCCCOCC(COC1OC(CO)C(O)C(O)C1O)OC(=O)CCCCCCCCCCCCCCC/C=C\CCCCCCCCCC. The zero-order valence-corrected chi connectivity index (χ0v) is 44.4. The molecule has 4 N–H and O–H groups in total. The van der Waals surface area contributed by atoms with Gasteiger partial charge in [0.25, 0.3) is 0 Å². The second-order valence-corrected chi connectivity index (χ2v) is 20.1. The molecule has 6 unspecified atom stereocenters. The molecule has 1 rings (SSSR count). The molecule has 6 atom stereocenters. The van der Waals surface area contributed by atoms with Gasteiger partial charge in [0.2, 0.25) is 0 Å². The minimum absolute atomic E-state index is 0.112. The van der Waals surface area contributed by atoms with Gasteiger partial charge in [-0.2, -0.15) is 0 Å². The molecule has 0 aromatic carbocycles. The van der Waals surface area contributed by atoms with E-state index < -0.39 is 43.4 Å². The highest BCUT2D eigenvalue weighted by Crippen LogP contribution is 2.23. The van der Waals surface area contributed by atoms with E-state index in [4.69, 9.17) is 18.9 Å². The van der Waals surface area contributed by atoms with Crippen molar-refractivity contribution in [3.63, 3.8) is 0 Å². The van der Waals surface area contributed by atoms with E-state index in [2.05, 4.69) is 50.3 Å². The van der Waals surface area contributed by atoms with Crippen LogP contribution in [0.15, 0.2) is 36.5 Å². The van der Waals surface area contributed by atoms with Crippen LogP contribution in [0.5, 0.6) is 0 Å². The van der Waals surface area contributed by atoms with Gasteiger partial charge in [0.15, 0.2) is 6.29 Å². The monoisotopic (exact) mass is 963 g/mol. The minimum Gasteiger partial charge on any atom is -0.457 e. The van der Waals surface area contributed by atoms with Crippen LogP contribution in [0.1, 0.15) is 271 Å². The Balaban J connectivity index is 2.14. The topological polar surface area (TPSA) is 135 Å². The molecule has 0 spiro atoms. The van der Waals surface area contributed by atoms with E-state index in [1.165, 1.54) is 212 Å². The van der Waals surface area contributed by atoms with Gasteiger partial charge in [-0.05, 0) is 70.6 Å². The summed E-state index contributed by atoms with van der Waals surface area (Å²) in [4.78, 5) is 12.9. The highest BCUT2D eigenvalue weighted by molar-refractivity contribution is 5.69. The molecule has 0 aliphatic carbocycles. The normalized spacial score (nSPS) is 19.3. The van der Waals surface area contributed by atoms with Crippen LogP contribution < -0.4 is 0 Å². The van der Waals surface area contributed by atoms with Crippen LogP contribution in [0.25, 0.3) is 0 Å². The van der Waals surface area contributed by atoms with Crippen LogP contribution in [-0.2, 0) is 23.7 Å². The van der Waals surface area contributed by atoms with Crippen molar-refractivity contribution in [1.29, 1.82) is 0 Å². The molecule has 1 saturated heterocycles. The number of allylic oxidation sites excluding steroid dienone is 6. The van der Waals surface area contributed by atoms with Crippen LogP contribution in [0.3, 0.4) is 0 Å². The third kappa shape index (κ3) is 40.1. The highest BCUT2D eigenvalue weighted by atomic mass is 16.7. The van der Waals surface area contributed by atoms with Gasteiger partial charge in [0, 0.05) is 13.0 Å². The fourth-order valence-electron chi connectivity index (χ4n) is 8.99. The molecule has 0 amide bonds. The maximum atomic E-state index is 12.9. The number of ether oxygens (including phenoxy) is 4. The van der Waals surface area contributed by atoms with E-state index >= 15 is 0 Å². The molecule has 1 aliphatic rings. The number of carbonyl (C=O) groups excluding carboxylic acids is 1. The molecular formula is C59H110O9. The van der Waals surface area contributed by atoms with Crippen molar-refractivity contribution < 1.29 is 44.2 Å². The molecule has 0 aromatic rings.